The van der Waals surface area contributed by atoms with Crippen LogP contribution >= 0.6 is 0 Å². The quantitative estimate of drug-likeness (QED) is 0.142. The molecule has 1 atom stereocenters. The second kappa shape index (κ2) is 13.0. The summed E-state index contributed by atoms with van der Waals surface area (Å²) in [7, 11) is 0. The zero-order valence-electron chi connectivity index (χ0n) is 17.8. The van der Waals surface area contributed by atoms with Gasteiger partial charge in [-0.05, 0) is 12.8 Å². The van der Waals surface area contributed by atoms with Gasteiger partial charge in [0.1, 0.15) is 0 Å². The first-order valence-corrected chi connectivity index (χ1v) is 10.2. The number of esters is 1. The predicted molar refractivity (Wildman–Crippen MR) is 96.8 cm³/mol. The summed E-state index contributed by atoms with van der Waals surface area (Å²) in [5.41, 5.74) is 0. The minimum Gasteiger partial charge on any atom is -0.481 e. The Morgan fingerprint density at radius 3 is 1.53 bits per heavy atom. The summed E-state index contributed by atoms with van der Waals surface area (Å²) in [6.45, 7) is 0. The highest BCUT2D eigenvalue weighted by Crippen LogP contribution is 2.54. The Hall–Kier alpha value is -2.22. The van der Waals surface area contributed by atoms with Crippen molar-refractivity contribution in [3.63, 3.8) is 0 Å². The van der Waals surface area contributed by atoms with Crippen LogP contribution in [0.1, 0.15) is 70.6 Å². The van der Waals surface area contributed by atoms with Crippen LogP contribution in [-0.4, -0.2) is 58.2 Å². The molecule has 34 heavy (non-hydrogen) atoms. The molecular formula is C19H25F9O6. The van der Waals surface area contributed by atoms with E-state index in [1.807, 2.05) is 0 Å². The Balaban J connectivity index is 4.10. The SMILES string of the molecule is O=C(O)CC(OC(=O)CCCCCCCCCCC(F)(F)C(F)(F)C(F)(F)C(F)(F)F)C(=O)O. The number of ether oxygens (including phenoxy) is 1. The largest absolute Gasteiger partial charge is 0.481 e. The molecule has 0 amide bonds. The second-order valence-corrected chi connectivity index (χ2v) is 7.59. The molecule has 0 rings (SSSR count). The van der Waals surface area contributed by atoms with Crippen LogP contribution in [-0.2, 0) is 19.1 Å². The molecule has 0 aliphatic carbocycles. The summed E-state index contributed by atoms with van der Waals surface area (Å²) in [4.78, 5) is 32.8. The van der Waals surface area contributed by atoms with E-state index in [0.717, 1.165) is 0 Å². The van der Waals surface area contributed by atoms with Crippen LogP contribution in [0.3, 0.4) is 0 Å². The molecule has 15 heteroatoms. The molecule has 0 aliphatic rings. The van der Waals surface area contributed by atoms with Crippen LogP contribution in [0.25, 0.3) is 0 Å². The first kappa shape index (κ1) is 31.8. The topological polar surface area (TPSA) is 101 Å². The molecule has 0 saturated carbocycles. The number of hydrogen-bond donors (Lipinski definition) is 2. The van der Waals surface area contributed by atoms with Gasteiger partial charge < -0.3 is 14.9 Å². The third-order valence-electron chi connectivity index (χ3n) is 4.74. The molecular weight excluding hydrogens is 495 g/mol. The normalized spacial score (nSPS) is 14.0. The lowest BCUT2D eigenvalue weighted by molar-refractivity contribution is -0.396. The van der Waals surface area contributed by atoms with Gasteiger partial charge in [-0.3, -0.25) is 9.59 Å². The van der Waals surface area contributed by atoms with E-state index >= 15 is 0 Å². The van der Waals surface area contributed by atoms with Gasteiger partial charge in [0, 0.05) is 12.8 Å². The molecule has 0 bridgehead atoms. The minimum absolute atomic E-state index is 0.101. The van der Waals surface area contributed by atoms with Gasteiger partial charge >= 0.3 is 41.9 Å². The highest BCUT2D eigenvalue weighted by atomic mass is 19.4. The first-order valence-electron chi connectivity index (χ1n) is 10.2. The Morgan fingerprint density at radius 2 is 1.12 bits per heavy atom. The van der Waals surface area contributed by atoms with E-state index in [9.17, 15) is 53.9 Å². The van der Waals surface area contributed by atoms with E-state index in [4.69, 9.17) is 10.2 Å². The molecule has 2 N–H and O–H groups in total. The average molecular weight is 520 g/mol. The van der Waals surface area contributed by atoms with Crippen LogP contribution < -0.4 is 0 Å². The van der Waals surface area contributed by atoms with Gasteiger partial charge in [-0.25, -0.2) is 4.79 Å². The van der Waals surface area contributed by atoms with Gasteiger partial charge in [0.25, 0.3) is 0 Å². The number of rotatable bonds is 17. The summed E-state index contributed by atoms with van der Waals surface area (Å²) in [6, 6.07) is 0. The summed E-state index contributed by atoms with van der Waals surface area (Å²) in [6.07, 6.45) is -9.86. The molecule has 0 heterocycles. The number of hydrogen-bond acceptors (Lipinski definition) is 4. The van der Waals surface area contributed by atoms with Crippen LogP contribution in [0.4, 0.5) is 39.5 Å². The predicted octanol–water partition coefficient (Wildman–Crippen LogP) is 5.83. The lowest BCUT2D eigenvalue weighted by atomic mass is 9.97. The van der Waals surface area contributed by atoms with Crippen molar-refractivity contribution >= 4 is 17.9 Å². The van der Waals surface area contributed by atoms with Crippen molar-refractivity contribution in [3.05, 3.63) is 0 Å². The van der Waals surface area contributed by atoms with Crippen molar-refractivity contribution in [2.75, 3.05) is 0 Å². The third-order valence-corrected chi connectivity index (χ3v) is 4.74. The van der Waals surface area contributed by atoms with E-state index in [-0.39, 0.29) is 25.7 Å². The molecule has 0 saturated heterocycles. The maximum Gasteiger partial charge on any atom is 0.460 e. The lowest BCUT2D eigenvalue weighted by Gasteiger charge is -2.33. The van der Waals surface area contributed by atoms with Crippen molar-refractivity contribution < 1.29 is 68.8 Å². The third kappa shape index (κ3) is 9.57. The van der Waals surface area contributed by atoms with Crippen molar-refractivity contribution in [2.24, 2.45) is 0 Å². The molecule has 0 aromatic carbocycles. The van der Waals surface area contributed by atoms with Gasteiger partial charge in [-0.15, -0.1) is 0 Å². The standard InChI is InChI=1S/C19H25F9O6/c20-16(21,17(22,23)18(24,25)19(26,27)28)10-8-6-4-2-1-3-5-7-9-14(31)34-12(15(32)33)11-13(29)30/h12H,1-11H2,(H,29,30)(H,32,33). The van der Waals surface area contributed by atoms with Gasteiger partial charge in [0.05, 0.1) is 6.42 Å². The smallest absolute Gasteiger partial charge is 0.460 e. The first-order chi connectivity index (χ1) is 15.4. The molecule has 0 fully saturated rings. The Kier molecular flexibility index (Phi) is 12.2. The van der Waals surface area contributed by atoms with Crippen molar-refractivity contribution in [1.82, 2.24) is 0 Å². The molecule has 0 spiro atoms. The fourth-order valence-corrected chi connectivity index (χ4v) is 2.80. The maximum absolute atomic E-state index is 13.4. The number of carboxylic acid groups (broad SMARTS) is 2. The number of halogens is 9. The van der Waals surface area contributed by atoms with Crippen LogP contribution in [0.2, 0.25) is 0 Å². The maximum atomic E-state index is 13.4. The zero-order valence-corrected chi connectivity index (χ0v) is 17.8. The van der Waals surface area contributed by atoms with E-state index in [0.29, 0.717) is 25.7 Å². The molecule has 0 aliphatic heterocycles. The van der Waals surface area contributed by atoms with Crippen LogP contribution in [0.15, 0.2) is 0 Å². The van der Waals surface area contributed by atoms with Crippen molar-refractivity contribution in [3.8, 4) is 0 Å². The Labute approximate surface area is 188 Å². The van der Waals surface area contributed by atoms with Gasteiger partial charge in [-0.2, -0.15) is 39.5 Å². The number of carbonyl (C=O) groups is 3. The molecule has 0 radical (unpaired) electrons. The Morgan fingerprint density at radius 1 is 0.676 bits per heavy atom. The second-order valence-electron chi connectivity index (χ2n) is 7.59. The fraction of sp³-hybridized carbons (Fsp3) is 0.842. The van der Waals surface area contributed by atoms with E-state index in [1.165, 1.54) is 0 Å². The molecule has 0 aromatic heterocycles. The number of unbranched alkanes of at least 4 members (excludes halogenated alkanes) is 7. The summed E-state index contributed by atoms with van der Waals surface area (Å²) >= 11 is 0. The van der Waals surface area contributed by atoms with Gasteiger partial charge in [0.15, 0.2) is 0 Å². The fourth-order valence-electron chi connectivity index (χ4n) is 2.80. The highest BCUT2D eigenvalue weighted by Gasteiger charge is 2.81. The van der Waals surface area contributed by atoms with E-state index < -0.39 is 67.2 Å². The highest BCUT2D eigenvalue weighted by molar-refractivity contribution is 5.82. The van der Waals surface area contributed by atoms with Gasteiger partial charge in [-0.1, -0.05) is 38.5 Å². The monoisotopic (exact) mass is 520 g/mol. The molecule has 1 unspecified atom stereocenters. The Bertz CT molecular complexity index is 680. The summed E-state index contributed by atoms with van der Waals surface area (Å²) in [5.74, 6) is -23.0. The van der Waals surface area contributed by atoms with Crippen LogP contribution in [0, 0.1) is 0 Å². The molecule has 6 nitrogen and oxygen atoms in total. The molecule has 0 aromatic rings. The van der Waals surface area contributed by atoms with Crippen molar-refractivity contribution in [1.29, 1.82) is 0 Å². The van der Waals surface area contributed by atoms with Crippen LogP contribution in [0.5, 0.6) is 0 Å². The number of carbonyl (C=O) groups excluding carboxylic acids is 1. The summed E-state index contributed by atoms with van der Waals surface area (Å²) < 4.78 is 119. The van der Waals surface area contributed by atoms with Gasteiger partial charge in [0.2, 0.25) is 6.10 Å². The average Bonchev–Trinajstić information content (AvgIpc) is 2.67. The number of aliphatic carboxylic acids is 2. The van der Waals surface area contributed by atoms with Crippen molar-refractivity contribution in [2.45, 2.75) is 101 Å². The minimum atomic E-state index is -6.87. The zero-order chi connectivity index (χ0) is 26.8. The number of carboxylic acids is 2. The molecule has 200 valence electrons. The number of alkyl halides is 9. The van der Waals surface area contributed by atoms with E-state index in [1.54, 1.807) is 0 Å². The lowest BCUT2D eigenvalue weighted by Crippen LogP contribution is -2.60. The summed E-state index contributed by atoms with van der Waals surface area (Å²) in [5, 5.41) is 17.3. The van der Waals surface area contributed by atoms with E-state index in [2.05, 4.69) is 4.74 Å².